The number of phenols is 1. The van der Waals surface area contributed by atoms with E-state index in [4.69, 9.17) is 21.4 Å². The van der Waals surface area contributed by atoms with E-state index in [0.717, 1.165) is 12.1 Å². The lowest BCUT2D eigenvalue weighted by molar-refractivity contribution is 0.0652. The third-order valence-electron chi connectivity index (χ3n) is 2.35. The molecular weight excluding hydrogens is 281 g/mol. The van der Waals surface area contributed by atoms with Gasteiger partial charge in [0.05, 0.1) is 17.7 Å². The molecule has 0 aliphatic rings. The van der Waals surface area contributed by atoms with Crippen LogP contribution in [0.3, 0.4) is 0 Å². The molecule has 0 spiro atoms. The number of rotatable bonds is 3. The molecule has 0 saturated carbocycles. The lowest BCUT2D eigenvalue weighted by atomic mass is 10.1. The average Bonchev–Trinajstić information content (AvgIpc) is 2.83. The topological polar surface area (TPSA) is 92.8 Å². The van der Waals surface area contributed by atoms with Gasteiger partial charge in [-0.3, -0.25) is 0 Å². The second-order valence-electron chi connectivity index (χ2n) is 3.48. The Kier molecular flexibility index (Phi) is 3.30. The molecule has 0 fully saturated rings. The van der Waals surface area contributed by atoms with E-state index in [1.807, 2.05) is 0 Å². The van der Waals surface area contributed by atoms with Crippen LogP contribution < -0.4 is 4.74 Å². The largest absolute Gasteiger partial charge is 0.504 e. The van der Waals surface area contributed by atoms with Crippen LogP contribution in [-0.2, 0) is 0 Å². The molecule has 0 amide bonds. The van der Waals surface area contributed by atoms with Crippen LogP contribution in [0.2, 0.25) is 5.02 Å². The Hall–Kier alpha value is -2.28. The van der Waals surface area contributed by atoms with E-state index in [1.54, 1.807) is 0 Å². The number of aromatic carboxylic acids is 1. The number of methoxy groups -OCH3 is 1. The van der Waals surface area contributed by atoms with Gasteiger partial charge in [-0.2, -0.15) is 0 Å². The van der Waals surface area contributed by atoms with Gasteiger partial charge in [0.2, 0.25) is 5.76 Å². The van der Waals surface area contributed by atoms with Crippen LogP contribution in [0.15, 0.2) is 16.7 Å². The third-order valence-corrected chi connectivity index (χ3v) is 2.63. The van der Waals surface area contributed by atoms with E-state index in [0.29, 0.717) is 0 Å². The lowest BCUT2D eigenvalue weighted by Crippen LogP contribution is -1.93. The van der Waals surface area contributed by atoms with E-state index in [-0.39, 0.29) is 22.0 Å². The SMILES string of the molecule is COc1cc(Cl)c(F)c(-c2cc(C(=O)O)on2)c1O. The molecule has 0 aliphatic carbocycles. The zero-order valence-electron chi connectivity index (χ0n) is 9.48. The first-order chi connectivity index (χ1) is 8.95. The van der Waals surface area contributed by atoms with Crippen molar-refractivity contribution in [3.05, 3.63) is 28.7 Å². The zero-order valence-corrected chi connectivity index (χ0v) is 10.2. The summed E-state index contributed by atoms with van der Waals surface area (Å²) in [6, 6.07) is 2.06. The molecule has 0 radical (unpaired) electrons. The minimum Gasteiger partial charge on any atom is -0.504 e. The maximum atomic E-state index is 13.9. The van der Waals surface area contributed by atoms with Crippen molar-refractivity contribution in [2.45, 2.75) is 0 Å². The number of aromatic hydroxyl groups is 1. The summed E-state index contributed by atoms with van der Waals surface area (Å²) in [5.41, 5.74) is -0.589. The minimum absolute atomic E-state index is 0.0683. The molecule has 0 atom stereocenters. The summed E-state index contributed by atoms with van der Waals surface area (Å²) in [6.07, 6.45) is 0. The van der Waals surface area contributed by atoms with Crippen LogP contribution >= 0.6 is 11.6 Å². The summed E-state index contributed by atoms with van der Waals surface area (Å²) in [4.78, 5) is 10.7. The zero-order chi connectivity index (χ0) is 14.2. The third kappa shape index (κ3) is 2.19. The molecule has 2 N–H and O–H groups in total. The van der Waals surface area contributed by atoms with E-state index in [1.165, 1.54) is 7.11 Å². The van der Waals surface area contributed by atoms with Crippen molar-refractivity contribution in [2.75, 3.05) is 7.11 Å². The summed E-state index contributed by atoms with van der Waals surface area (Å²) < 4.78 is 23.2. The number of carboxylic acids is 1. The normalized spacial score (nSPS) is 10.5. The fourth-order valence-corrected chi connectivity index (χ4v) is 1.67. The van der Waals surface area contributed by atoms with Crippen molar-refractivity contribution in [2.24, 2.45) is 0 Å². The van der Waals surface area contributed by atoms with Gasteiger partial charge < -0.3 is 19.5 Å². The molecule has 8 heteroatoms. The van der Waals surface area contributed by atoms with Crippen molar-refractivity contribution in [1.82, 2.24) is 5.16 Å². The first kappa shape index (κ1) is 13.2. The smallest absolute Gasteiger partial charge is 0.374 e. The van der Waals surface area contributed by atoms with Crippen LogP contribution in [0.1, 0.15) is 10.6 Å². The molecule has 100 valence electrons. The number of carboxylic acid groups (broad SMARTS) is 1. The van der Waals surface area contributed by atoms with Crippen LogP contribution in [0.25, 0.3) is 11.3 Å². The highest BCUT2D eigenvalue weighted by molar-refractivity contribution is 6.31. The highest BCUT2D eigenvalue weighted by Gasteiger charge is 2.23. The monoisotopic (exact) mass is 287 g/mol. The van der Waals surface area contributed by atoms with Crippen molar-refractivity contribution in [1.29, 1.82) is 0 Å². The van der Waals surface area contributed by atoms with Crippen molar-refractivity contribution in [3.8, 4) is 22.8 Å². The molecule has 2 aromatic rings. The predicted octanol–water partition coefficient (Wildman–Crippen LogP) is 2.55. The Labute approximate surface area is 111 Å². The number of ether oxygens (including phenoxy) is 1. The molecule has 0 unspecified atom stereocenters. The maximum absolute atomic E-state index is 13.9. The fraction of sp³-hybridized carbons (Fsp3) is 0.0909. The first-order valence-corrected chi connectivity index (χ1v) is 5.28. The van der Waals surface area contributed by atoms with Gasteiger partial charge in [0.25, 0.3) is 0 Å². The van der Waals surface area contributed by atoms with Crippen molar-refractivity contribution in [3.63, 3.8) is 0 Å². The summed E-state index contributed by atoms with van der Waals surface area (Å²) >= 11 is 5.65. The first-order valence-electron chi connectivity index (χ1n) is 4.91. The molecule has 0 bridgehead atoms. The van der Waals surface area contributed by atoms with Crippen LogP contribution in [0, 0.1) is 5.82 Å². The second-order valence-corrected chi connectivity index (χ2v) is 3.89. The standard InChI is InChI=1S/C11H7ClFNO5/c1-18-6-2-4(12)9(13)8(10(6)15)5-3-7(11(16)17)19-14-5/h2-3,15H,1H3,(H,16,17). The summed E-state index contributed by atoms with van der Waals surface area (Å²) in [6.45, 7) is 0. The van der Waals surface area contributed by atoms with Crippen molar-refractivity contribution >= 4 is 17.6 Å². The Morgan fingerprint density at radius 2 is 2.21 bits per heavy atom. The molecule has 2 rings (SSSR count). The van der Waals surface area contributed by atoms with E-state index in [2.05, 4.69) is 9.68 Å². The van der Waals surface area contributed by atoms with Gasteiger partial charge in [0.1, 0.15) is 5.69 Å². The molecule has 0 aliphatic heterocycles. The number of aromatic nitrogens is 1. The summed E-state index contributed by atoms with van der Waals surface area (Å²) in [5, 5.41) is 21.6. The molecule has 19 heavy (non-hydrogen) atoms. The van der Waals surface area contributed by atoms with Gasteiger partial charge in [-0.05, 0) is 0 Å². The Bertz CT molecular complexity index is 655. The molecular formula is C11H7ClFNO5. The number of nitrogens with zero attached hydrogens (tertiary/aromatic N) is 1. The van der Waals surface area contributed by atoms with Gasteiger partial charge in [-0.25, -0.2) is 9.18 Å². The van der Waals surface area contributed by atoms with Crippen LogP contribution in [0.4, 0.5) is 4.39 Å². The van der Waals surface area contributed by atoms with E-state index in [9.17, 15) is 14.3 Å². The quantitative estimate of drug-likeness (QED) is 0.901. The Morgan fingerprint density at radius 3 is 2.74 bits per heavy atom. The molecule has 0 saturated heterocycles. The average molecular weight is 288 g/mol. The van der Waals surface area contributed by atoms with Gasteiger partial charge in [0.15, 0.2) is 17.3 Å². The number of hydrogen-bond acceptors (Lipinski definition) is 5. The van der Waals surface area contributed by atoms with Crippen molar-refractivity contribution < 1.29 is 28.7 Å². The van der Waals surface area contributed by atoms with E-state index < -0.39 is 23.3 Å². The van der Waals surface area contributed by atoms with Crippen LogP contribution in [-0.4, -0.2) is 28.4 Å². The number of phenolic OH excluding ortho intramolecular Hbond substituents is 1. The van der Waals surface area contributed by atoms with Gasteiger partial charge >= 0.3 is 5.97 Å². The highest BCUT2D eigenvalue weighted by Crippen LogP contribution is 2.42. The fourth-order valence-electron chi connectivity index (χ4n) is 1.48. The van der Waals surface area contributed by atoms with Gasteiger partial charge in [0, 0.05) is 12.1 Å². The van der Waals surface area contributed by atoms with Crippen LogP contribution in [0.5, 0.6) is 11.5 Å². The molecule has 1 heterocycles. The molecule has 1 aromatic carbocycles. The number of halogens is 2. The number of carbonyl (C=O) groups is 1. The van der Waals surface area contributed by atoms with E-state index >= 15 is 0 Å². The number of benzene rings is 1. The highest BCUT2D eigenvalue weighted by atomic mass is 35.5. The minimum atomic E-state index is -1.37. The Morgan fingerprint density at radius 1 is 1.53 bits per heavy atom. The summed E-state index contributed by atoms with van der Waals surface area (Å²) in [7, 11) is 1.26. The molecule has 6 nitrogen and oxygen atoms in total. The molecule has 1 aromatic heterocycles. The summed E-state index contributed by atoms with van der Waals surface area (Å²) in [5.74, 6) is -3.43. The predicted molar refractivity (Wildman–Crippen MR) is 62.1 cm³/mol. The van der Waals surface area contributed by atoms with Gasteiger partial charge in [-0.1, -0.05) is 16.8 Å². The number of hydrogen-bond donors (Lipinski definition) is 2. The lowest BCUT2D eigenvalue weighted by Gasteiger charge is -2.09. The Balaban J connectivity index is 2.66. The second kappa shape index (κ2) is 4.77. The maximum Gasteiger partial charge on any atom is 0.374 e. The van der Waals surface area contributed by atoms with Gasteiger partial charge in [-0.15, -0.1) is 0 Å².